The molecule has 1 amide bonds. The summed E-state index contributed by atoms with van der Waals surface area (Å²) in [4.78, 5) is 17.0. The van der Waals surface area contributed by atoms with Crippen LogP contribution in [0.4, 0.5) is 5.69 Å². The summed E-state index contributed by atoms with van der Waals surface area (Å²) in [6, 6.07) is 1.89. The largest absolute Gasteiger partial charge is 0.477 e. The molecule has 5 nitrogen and oxygen atoms in total. The van der Waals surface area contributed by atoms with E-state index in [4.69, 9.17) is 9.47 Å². The Hall–Kier alpha value is -1.62. The number of carbonyl (C=O) groups is 1. The lowest BCUT2D eigenvalue weighted by Crippen LogP contribution is -2.43. The van der Waals surface area contributed by atoms with Crippen molar-refractivity contribution in [3.05, 3.63) is 17.8 Å². The number of ether oxygens (including phenoxy) is 2. The van der Waals surface area contributed by atoms with Gasteiger partial charge < -0.3 is 14.8 Å². The van der Waals surface area contributed by atoms with E-state index in [0.717, 1.165) is 31.2 Å². The van der Waals surface area contributed by atoms with Crippen molar-refractivity contribution in [1.29, 1.82) is 0 Å². The summed E-state index contributed by atoms with van der Waals surface area (Å²) in [5, 5.41) is 2.93. The van der Waals surface area contributed by atoms with Crippen LogP contribution in [0, 0.1) is 6.92 Å². The molecule has 0 aromatic carbocycles. The number of rotatable bonds is 11. The van der Waals surface area contributed by atoms with Gasteiger partial charge in [-0.3, -0.25) is 4.79 Å². The number of aromatic nitrogens is 1. The maximum atomic E-state index is 12.6. The van der Waals surface area contributed by atoms with Crippen molar-refractivity contribution < 1.29 is 14.3 Å². The molecule has 0 saturated carbocycles. The molecule has 1 N–H and O–H groups in total. The first-order chi connectivity index (χ1) is 11.5. The van der Waals surface area contributed by atoms with E-state index in [0.29, 0.717) is 31.2 Å². The minimum atomic E-state index is -0.811. The van der Waals surface area contributed by atoms with Crippen LogP contribution in [-0.2, 0) is 9.53 Å². The number of nitrogens with one attached hydrogen (secondary N) is 1. The first-order valence-corrected chi connectivity index (χ1v) is 9.01. The highest BCUT2D eigenvalue weighted by Gasteiger charge is 2.33. The van der Waals surface area contributed by atoms with Gasteiger partial charge in [-0.2, -0.15) is 0 Å². The summed E-state index contributed by atoms with van der Waals surface area (Å²) in [6.45, 7) is 11.2. The Kier molecular flexibility index (Phi) is 8.76. The molecule has 1 atom stereocenters. The van der Waals surface area contributed by atoms with Crippen LogP contribution in [0.15, 0.2) is 12.3 Å². The van der Waals surface area contributed by atoms with Crippen molar-refractivity contribution in [3.8, 4) is 5.88 Å². The molecule has 0 fully saturated rings. The van der Waals surface area contributed by atoms with Gasteiger partial charge in [-0.1, -0.05) is 33.6 Å². The molecule has 0 saturated heterocycles. The molecule has 0 radical (unpaired) electrons. The van der Waals surface area contributed by atoms with Gasteiger partial charge in [-0.05, 0) is 39.2 Å². The Morgan fingerprint density at radius 1 is 1.21 bits per heavy atom. The molecule has 1 rings (SSSR count). The van der Waals surface area contributed by atoms with Crippen LogP contribution < -0.4 is 10.1 Å². The number of nitrogens with zero attached hydrogens (tertiary/aromatic N) is 1. The molecular formula is C19H32N2O3. The topological polar surface area (TPSA) is 60.5 Å². The number of hydrogen-bond acceptors (Lipinski definition) is 4. The Morgan fingerprint density at radius 3 is 2.54 bits per heavy atom. The third kappa shape index (κ3) is 6.11. The van der Waals surface area contributed by atoms with Gasteiger partial charge in [0.05, 0.1) is 18.5 Å². The minimum absolute atomic E-state index is 0.126. The van der Waals surface area contributed by atoms with E-state index in [9.17, 15) is 4.79 Å². The quantitative estimate of drug-likeness (QED) is 0.605. The summed E-state index contributed by atoms with van der Waals surface area (Å²) in [5.74, 6) is 0.499. The van der Waals surface area contributed by atoms with Crippen molar-refractivity contribution in [3.63, 3.8) is 0 Å². The lowest BCUT2D eigenvalue weighted by molar-refractivity contribution is -0.140. The first-order valence-electron chi connectivity index (χ1n) is 9.01. The van der Waals surface area contributed by atoms with E-state index in [1.807, 2.05) is 26.8 Å². The van der Waals surface area contributed by atoms with Crippen LogP contribution in [0.2, 0.25) is 0 Å². The molecule has 0 aliphatic carbocycles. The van der Waals surface area contributed by atoms with Crippen LogP contribution in [0.1, 0.15) is 65.4 Å². The zero-order valence-electron chi connectivity index (χ0n) is 15.8. The highest BCUT2D eigenvalue weighted by Crippen LogP contribution is 2.23. The van der Waals surface area contributed by atoms with Crippen molar-refractivity contribution in [1.82, 2.24) is 4.98 Å². The van der Waals surface area contributed by atoms with E-state index in [-0.39, 0.29) is 5.91 Å². The molecule has 1 aromatic heterocycles. The third-order valence-corrected chi connectivity index (χ3v) is 3.86. The average molecular weight is 336 g/mol. The number of carbonyl (C=O) groups excluding carboxylic acids is 1. The van der Waals surface area contributed by atoms with Crippen LogP contribution in [-0.4, -0.2) is 29.7 Å². The number of unbranched alkanes of at least 4 members (excludes halogenated alkanes) is 1. The van der Waals surface area contributed by atoms with Crippen LogP contribution >= 0.6 is 0 Å². The van der Waals surface area contributed by atoms with Crippen LogP contribution in [0.3, 0.4) is 0 Å². The molecule has 1 aromatic rings. The van der Waals surface area contributed by atoms with E-state index in [2.05, 4.69) is 24.1 Å². The van der Waals surface area contributed by atoms with Crippen LogP contribution in [0.25, 0.3) is 0 Å². The van der Waals surface area contributed by atoms with Gasteiger partial charge in [-0.15, -0.1) is 0 Å². The maximum absolute atomic E-state index is 12.6. The SMILES string of the molecule is CCCCOc1ncc(NC(=O)C(C)(CCC)OCCC)cc1C. The van der Waals surface area contributed by atoms with Crippen molar-refractivity contribution in [2.45, 2.75) is 72.3 Å². The van der Waals surface area contributed by atoms with Crippen molar-refractivity contribution in [2.75, 3.05) is 18.5 Å². The molecule has 0 spiro atoms. The van der Waals surface area contributed by atoms with Gasteiger partial charge >= 0.3 is 0 Å². The molecular weight excluding hydrogens is 304 g/mol. The zero-order valence-corrected chi connectivity index (χ0v) is 15.8. The minimum Gasteiger partial charge on any atom is -0.477 e. The lowest BCUT2D eigenvalue weighted by atomic mass is 9.99. The molecule has 24 heavy (non-hydrogen) atoms. The van der Waals surface area contributed by atoms with Gasteiger partial charge in [0, 0.05) is 12.2 Å². The standard InChI is InChI=1S/C19H32N2O3/c1-6-9-12-23-17-15(4)13-16(14-20-17)21-18(22)19(5,10-7-2)24-11-8-3/h13-14H,6-12H2,1-5H3,(H,21,22). The van der Waals surface area contributed by atoms with Gasteiger partial charge in [0.25, 0.3) is 5.91 Å². The average Bonchev–Trinajstić information content (AvgIpc) is 2.55. The highest BCUT2D eigenvalue weighted by molar-refractivity contribution is 5.97. The first kappa shape index (κ1) is 20.4. The molecule has 1 heterocycles. The van der Waals surface area contributed by atoms with E-state index in [1.165, 1.54) is 0 Å². The number of amides is 1. The zero-order chi connectivity index (χ0) is 18.0. The molecule has 0 bridgehead atoms. The van der Waals surface area contributed by atoms with Gasteiger partial charge in [0.15, 0.2) is 0 Å². The Morgan fingerprint density at radius 2 is 1.96 bits per heavy atom. The second kappa shape index (κ2) is 10.3. The fourth-order valence-corrected chi connectivity index (χ4v) is 2.41. The number of aryl methyl sites for hydroxylation is 1. The summed E-state index contributed by atoms with van der Waals surface area (Å²) < 4.78 is 11.5. The molecule has 136 valence electrons. The Labute approximate surface area is 146 Å². The predicted octanol–water partition coefficient (Wildman–Crippen LogP) is 4.49. The fraction of sp³-hybridized carbons (Fsp3) is 0.684. The van der Waals surface area contributed by atoms with Gasteiger partial charge in [-0.25, -0.2) is 4.98 Å². The smallest absolute Gasteiger partial charge is 0.256 e. The van der Waals surface area contributed by atoms with Crippen molar-refractivity contribution in [2.24, 2.45) is 0 Å². The maximum Gasteiger partial charge on any atom is 0.256 e. The van der Waals surface area contributed by atoms with E-state index in [1.54, 1.807) is 6.20 Å². The summed E-state index contributed by atoms with van der Waals surface area (Å²) in [5.41, 5.74) is 0.771. The number of anilines is 1. The Balaban J connectivity index is 2.76. The lowest BCUT2D eigenvalue weighted by Gasteiger charge is -2.28. The van der Waals surface area contributed by atoms with Crippen molar-refractivity contribution >= 4 is 11.6 Å². The normalized spacial score (nSPS) is 13.4. The predicted molar refractivity (Wildman–Crippen MR) is 97.6 cm³/mol. The summed E-state index contributed by atoms with van der Waals surface area (Å²) in [6.07, 6.45) is 6.18. The number of pyridine rings is 1. The molecule has 0 aliphatic heterocycles. The van der Waals surface area contributed by atoms with E-state index < -0.39 is 5.60 Å². The monoisotopic (exact) mass is 336 g/mol. The summed E-state index contributed by atoms with van der Waals surface area (Å²) >= 11 is 0. The summed E-state index contributed by atoms with van der Waals surface area (Å²) in [7, 11) is 0. The number of hydrogen-bond donors (Lipinski definition) is 1. The third-order valence-electron chi connectivity index (χ3n) is 3.86. The fourth-order valence-electron chi connectivity index (χ4n) is 2.41. The highest BCUT2D eigenvalue weighted by atomic mass is 16.5. The second-order valence-electron chi connectivity index (χ2n) is 6.33. The van der Waals surface area contributed by atoms with E-state index >= 15 is 0 Å². The Bertz CT molecular complexity index is 519. The molecule has 0 aliphatic rings. The van der Waals surface area contributed by atoms with Crippen LogP contribution in [0.5, 0.6) is 5.88 Å². The second-order valence-corrected chi connectivity index (χ2v) is 6.33. The van der Waals surface area contributed by atoms with Gasteiger partial charge in [0.2, 0.25) is 5.88 Å². The molecule has 5 heteroatoms. The molecule has 1 unspecified atom stereocenters. The van der Waals surface area contributed by atoms with Gasteiger partial charge in [0.1, 0.15) is 5.60 Å².